The van der Waals surface area contributed by atoms with Gasteiger partial charge in [0.15, 0.2) is 0 Å². The number of carbonyl (C=O) groups excluding carboxylic acids is 2. The maximum Gasteiger partial charge on any atom is 0.227 e. The van der Waals surface area contributed by atoms with Crippen molar-refractivity contribution in [2.24, 2.45) is 0 Å². The minimum absolute atomic E-state index is 0.123. The van der Waals surface area contributed by atoms with Crippen molar-refractivity contribution < 1.29 is 19.4 Å². The maximum atomic E-state index is 12.2. The molecule has 7 heteroatoms. The molecular weight excluding hydrogens is 358 g/mol. The van der Waals surface area contributed by atoms with Crippen LogP contribution < -0.4 is 10.6 Å². The molecule has 0 aliphatic carbocycles. The zero-order chi connectivity index (χ0) is 19.8. The van der Waals surface area contributed by atoms with Crippen LogP contribution in [0.25, 0.3) is 0 Å². The van der Waals surface area contributed by atoms with Crippen LogP contribution in [0.1, 0.15) is 12.0 Å². The van der Waals surface area contributed by atoms with Gasteiger partial charge in [-0.3, -0.25) is 14.6 Å². The number of hydrogen-bond acceptors (Lipinski definition) is 5. The van der Waals surface area contributed by atoms with Crippen LogP contribution in [0.2, 0.25) is 0 Å². The number of benzene rings is 1. The Balaban J connectivity index is 1.53. The third-order valence-corrected chi connectivity index (χ3v) is 4.32. The van der Waals surface area contributed by atoms with E-state index in [0.717, 1.165) is 5.56 Å². The fourth-order valence-corrected chi connectivity index (χ4v) is 2.98. The van der Waals surface area contributed by atoms with Crippen LogP contribution in [0.4, 0.5) is 5.69 Å². The minimum Gasteiger partial charge on any atom is -0.394 e. The topological polar surface area (TPSA) is 101 Å². The molecule has 7 nitrogen and oxygen atoms in total. The lowest BCUT2D eigenvalue weighted by Crippen LogP contribution is -2.49. The standard InChI is InChI=1S/C21H23N3O4/c25-14-19-18(24-20(26)11-15-5-4-10-22-13-15)9-8-17(28-19)12-21(27)23-16-6-2-1-3-7-16/h1-10,13,17-19,25H,11-12,14H2,(H,23,27)(H,24,26)/t17-,18-,19+/m1/s1. The molecule has 1 aromatic heterocycles. The van der Waals surface area contributed by atoms with Gasteiger partial charge in [0.2, 0.25) is 11.8 Å². The van der Waals surface area contributed by atoms with E-state index in [2.05, 4.69) is 15.6 Å². The van der Waals surface area contributed by atoms with Crippen LogP contribution in [0, 0.1) is 0 Å². The zero-order valence-electron chi connectivity index (χ0n) is 15.3. The Morgan fingerprint density at radius 2 is 1.89 bits per heavy atom. The molecule has 3 atom stereocenters. The number of rotatable bonds is 7. The van der Waals surface area contributed by atoms with E-state index < -0.39 is 18.2 Å². The molecular formula is C21H23N3O4. The van der Waals surface area contributed by atoms with Gasteiger partial charge >= 0.3 is 0 Å². The first-order valence-corrected chi connectivity index (χ1v) is 9.12. The number of anilines is 1. The van der Waals surface area contributed by atoms with Gasteiger partial charge in [-0.15, -0.1) is 0 Å². The summed E-state index contributed by atoms with van der Waals surface area (Å²) >= 11 is 0. The predicted molar refractivity (Wildman–Crippen MR) is 104 cm³/mol. The molecule has 0 saturated carbocycles. The van der Waals surface area contributed by atoms with Crippen molar-refractivity contribution in [3.63, 3.8) is 0 Å². The minimum atomic E-state index is -0.614. The van der Waals surface area contributed by atoms with Gasteiger partial charge in [-0.25, -0.2) is 0 Å². The second-order valence-electron chi connectivity index (χ2n) is 6.53. The van der Waals surface area contributed by atoms with Gasteiger partial charge in [-0.1, -0.05) is 36.4 Å². The van der Waals surface area contributed by atoms with Gasteiger partial charge in [0.25, 0.3) is 0 Å². The first kappa shape index (κ1) is 19.7. The Morgan fingerprint density at radius 3 is 2.61 bits per heavy atom. The molecule has 0 spiro atoms. The van der Waals surface area contributed by atoms with E-state index in [9.17, 15) is 14.7 Å². The van der Waals surface area contributed by atoms with Gasteiger partial charge in [0, 0.05) is 18.1 Å². The van der Waals surface area contributed by atoms with E-state index in [1.165, 1.54) is 0 Å². The highest BCUT2D eigenvalue weighted by molar-refractivity contribution is 5.91. The molecule has 146 valence electrons. The van der Waals surface area contributed by atoms with Gasteiger partial charge in [-0.2, -0.15) is 0 Å². The molecule has 0 saturated heterocycles. The molecule has 2 aromatic rings. The average Bonchev–Trinajstić information content (AvgIpc) is 2.70. The van der Waals surface area contributed by atoms with Crippen molar-refractivity contribution in [1.29, 1.82) is 0 Å². The Kier molecular flexibility index (Phi) is 6.89. The number of amides is 2. The lowest BCUT2D eigenvalue weighted by Gasteiger charge is -2.31. The SMILES string of the molecule is O=C(C[C@H]1C=C[C@@H](NC(=O)Cc2cccnc2)[C@H](CO)O1)Nc1ccccc1. The first-order chi connectivity index (χ1) is 13.6. The van der Waals surface area contributed by atoms with Crippen molar-refractivity contribution >= 4 is 17.5 Å². The zero-order valence-corrected chi connectivity index (χ0v) is 15.3. The molecule has 1 aliphatic heterocycles. The Hall–Kier alpha value is -3.03. The molecule has 1 aliphatic rings. The lowest BCUT2D eigenvalue weighted by atomic mass is 10.0. The predicted octanol–water partition coefficient (Wildman–Crippen LogP) is 1.45. The number of aliphatic hydroxyl groups is 1. The summed E-state index contributed by atoms with van der Waals surface area (Å²) in [4.78, 5) is 28.4. The van der Waals surface area contributed by atoms with E-state index in [1.807, 2.05) is 24.3 Å². The third kappa shape index (κ3) is 5.73. The van der Waals surface area contributed by atoms with Crippen LogP contribution in [0.5, 0.6) is 0 Å². The quantitative estimate of drug-likeness (QED) is 0.631. The number of nitrogens with one attached hydrogen (secondary N) is 2. The summed E-state index contributed by atoms with van der Waals surface area (Å²) in [5.41, 5.74) is 1.52. The Bertz CT molecular complexity index is 811. The van der Waals surface area contributed by atoms with Gasteiger partial charge in [-0.05, 0) is 23.8 Å². The summed E-state index contributed by atoms with van der Waals surface area (Å²) < 4.78 is 5.78. The van der Waals surface area contributed by atoms with E-state index in [4.69, 9.17) is 4.74 Å². The summed E-state index contributed by atoms with van der Waals surface area (Å²) in [6.07, 6.45) is 6.03. The summed E-state index contributed by atoms with van der Waals surface area (Å²) in [6.45, 7) is -0.265. The number of carbonyl (C=O) groups is 2. The van der Waals surface area contributed by atoms with E-state index >= 15 is 0 Å². The number of para-hydroxylation sites is 1. The van der Waals surface area contributed by atoms with E-state index in [-0.39, 0.29) is 31.3 Å². The highest BCUT2D eigenvalue weighted by Crippen LogP contribution is 2.17. The Morgan fingerprint density at radius 1 is 1.07 bits per heavy atom. The number of pyridine rings is 1. The van der Waals surface area contributed by atoms with E-state index in [1.54, 1.807) is 42.7 Å². The maximum absolute atomic E-state index is 12.2. The molecule has 3 rings (SSSR count). The molecule has 28 heavy (non-hydrogen) atoms. The van der Waals surface area contributed by atoms with Crippen LogP contribution in [0.3, 0.4) is 0 Å². The molecule has 0 fully saturated rings. The highest BCUT2D eigenvalue weighted by Gasteiger charge is 2.29. The molecule has 0 bridgehead atoms. The summed E-state index contributed by atoms with van der Waals surface area (Å²) in [7, 11) is 0. The van der Waals surface area contributed by atoms with E-state index in [0.29, 0.717) is 5.69 Å². The molecule has 0 unspecified atom stereocenters. The van der Waals surface area contributed by atoms with Crippen LogP contribution in [-0.2, 0) is 20.7 Å². The molecule has 1 aromatic carbocycles. The Labute approximate surface area is 163 Å². The molecule has 2 heterocycles. The largest absolute Gasteiger partial charge is 0.394 e. The van der Waals surface area contributed by atoms with Gasteiger partial charge in [0.1, 0.15) is 6.10 Å². The van der Waals surface area contributed by atoms with Gasteiger partial charge in [0.05, 0.1) is 31.6 Å². The van der Waals surface area contributed by atoms with Crippen LogP contribution in [0.15, 0.2) is 67.0 Å². The normalized spacial score (nSPS) is 21.1. The lowest BCUT2D eigenvalue weighted by molar-refractivity contribution is -0.125. The second kappa shape index (κ2) is 9.77. The number of nitrogens with zero attached hydrogens (tertiary/aromatic N) is 1. The fourth-order valence-electron chi connectivity index (χ4n) is 2.98. The molecule has 3 N–H and O–H groups in total. The number of hydrogen-bond donors (Lipinski definition) is 3. The number of ether oxygens (including phenoxy) is 1. The fraction of sp³-hybridized carbons (Fsp3) is 0.286. The average molecular weight is 381 g/mol. The molecule has 2 amide bonds. The molecule has 0 radical (unpaired) electrons. The summed E-state index contributed by atoms with van der Waals surface area (Å²) in [6, 6.07) is 12.3. The monoisotopic (exact) mass is 381 g/mol. The van der Waals surface area contributed by atoms with Crippen molar-refractivity contribution in [1.82, 2.24) is 10.3 Å². The summed E-state index contributed by atoms with van der Waals surface area (Å²) in [5, 5.41) is 15.3. The third-order valence-electron chi connectivity index (χ3n) is 4.32. The second-order valence-corrected chi connectivity index (χ2v) is 6.53. The highest BCUT2D eigenvalue weighted by atomic mass is 16.5. The van der Waals surface area contributed by atoms with Crippen molar-refractivity contribution in [2.45, 2.75) is 31.1 Å². The number of aliphatic hydroxyl groups excluding tert-OH is 1. The summed E-state index contributed by atoms with van der Waals surface area (Å²) in [5.74, 6) is -0.374. The van der Waals surface area contributed by atoms with Crippen LogP contribution in [-0.4, -0.2) is 46.8 Å². The number of aromatic nitrogens is 1. The van der Waals surface area contributed by atoms with Crippen molar-refractivity contribution in [2.75, 3.05) is 11.9 Å². The smallest absolute Gasteiger partial charge is 0.227 e. The van der Waals surface area contributed by atoms with Crippen molar-refractivity contribution in [3.05, 3.63) is 72.6 Å². The van der Waals surface area contributed by atoms with Gasteiger partial charge < -0.3 is 20.5 Å². The first-order valence-electron chi connectivity index (χ1n) is 9.12. The van der Waals surface area contributed by atoms with Crippen LogP contribution >= 0.6 is 0 Å². The van der Waals surface area contributed by atoms with Crippen molar-refractivity contribution in [3.8, 4) is 0 Å².